The van der Waals surface area contributed by atoms with Crippen LogP contribution in [0.15, 0.2) is 36.4 Å². The van der Waals surface area contributed by atoms with Crippen LogP contribution in [0.25, 0.3) is 10.8 Å². The Kier molecular flexibility index (Phi) is 5.45. The Morgan fingerprint density at radius 1 is 1.17 bits per heavy atom. The van der Waals surface area contributed by atoms with Crippen molar-refractivity contribution in [2.24, 2.45) is 0 Å². The van der Waals surface area contributed by atoms with Gasteiger partial charge in [-0.3, -0.25) is 0 Å². The molecule has 1 atom stereocenters. The van der Waals surface area contributed by atoms with Crippen LogP contribution >= 0.6 is 12.4 Å². The summed E-state index contributed by atoms with van der Waals surface area (Å²) in [6, 6.07) is 12.4. The summed E-state index contributed by atoms with van der Waals surface area (Å²) in [5.41, 5.74) is 0.989. The summed E-state index contributed by atoms with van der Waals surface area (Å²) in [5.74, 6) is 0.375. The van der Waals surface area contributed by atoms with Gasteiger partial charge in [0.15, 0.2) is 0 Å². The van der Waals surface area contributed by atoms with Crippen molar-refractivity contribution in [1.82, 2.24) is 5.32 Å². The molecule has 0 aliphatic heterocycles. The number of phenols is 1. The second-order valence-corrected chi connectivity index (χ2v) is 4.47. The van der Waals surface area contributed by atoms with Gasteiger partial charge in [0, 0.05) is 18.2 Å². The van der Waals surface area contributed by atoms with E-state index in [1.807, 2.05) is 18.2 Å². The normalized spacial score (nSPS) is 12.1. The quantitative estimate of drug-likeness (QED) is 0.880. The molecule has 0 aromatic heterocycles. The van der Waals surface area contributed by atoms with E-state index in [0.29, 0.717) is 18.3 Å². The standard InChI is InChI=1S/C15H19NO.ClH/c1-3-11(2)16-10-14-13-7-5-4-6-12(13)8-9-15(14)17;/h4-9,11,16-17H,3,10H2,1-2H3;1H. The van der Waals surface area contributed by atoms with Crippen LogP contribution in [-0.2, 0) is 6.54 Å². The van der Waals surface area contributed by atoms with E-state index >= 15 is 0 Å². The van der Waals surface area contributed by atoms with Gasteiger partial charge in [-0.05, 0) is 30.2 Å². The number of benzene rings is 2. The van der Waals surface area contributed by atoms with Crippen LogP contribution in [-0.4, -0.2) is 11.1 Å². The fraction of sp³-hybridized carbons (Fsp3) is 0.333. The first-order valence-electron chi connectivity index (χ1n) is 6.15. The number of nitrogens with one attached hydrogen (secondary N) is 1. The Morgan fingerprint density at radius 2 is 1.89 bits per heavy atom. The topological polar surface area (TPSA) is 32.3 Å². The van der Waals surface area contributed by atoms with Gasteiger partial charge < -0.3 is 10.4 Å². The van der Waals surface area contributed by atoms with Crippen LogP contribution in [0.4, 0.5) is 0 Å². The smallest absolute Gasteiger partial charge is 0.120 e. The Labute approximate surface area is 114 Å². The van der Waals surface area contributed by atoms with Crippen molar-refractivity contribution in [3.63, 3.8) is 0 Å². The lowest BCUT2D eigenvalue weighted by Crippen LogP contribution is -2.24. The second kappa shape index (κ2) is 6.62. The van der Waals surface area contributed by atoms with Crippen LogP contribution < -0.4 is 5.32 Å². The van der Waals surface area contributed by atoms with E-state index in [2.05, 4.69) is 31.3 Å². The molecule has 2 N–H and O–H groups in total. The molecular formula is C15H20ClNO. The molecule has 2 aromatic rings. The minimum atomic E-state index is 0. The SMILES string of the molecule is CCC(C)NCc1c(O)ccc2ccccc12.Cl. The van der Waals surface area contributed by atoms with E-state index in [0.717, 1.165) is 17.4 Å². The van der Waals surface area contributed by atoms with Crippen molar-refractivity contribution < 1.29 is 5.11 Å². The molecule has 0 bridgehead atoms. The fourth-order valence-corrected chi connectivity index (χ4v) is 1.93. The third-order valence-electron chi connectivity index (χ3n) is 3.26. The molecule has 0 radical (unpaired) electrons. The molecule has 0 saturated carbocycles. The van der Waals surface area contributed by atoms with Crippen molar-refractivity contribution in [3.8, 4) is 5.75 Å². The van der Waals surface area contributed by atoms with Gasteiger partial charge in [0.2, 0.25) is 0 Å². The first-order valence-corrected chi connectivity index (χ1v) is 6.15. The first-order chi connectivity index (χ1) is 8.22. The molecule has 0 aliphatic rings. The lowest BCUT2D eigenvalue weighted by atomic mass is 10.0. The number of hydrogen-bond donors (Lipinski definition) is 2. The molecular weight excluding hydrogens is 246 g/mol. The van der Waals surface area contributed by atoms with Gasteiger partial charge in [-0.2, -0.15) is 0 Å². The van der Waals surface area contributed by atoms with Gasteiger partial charge in [-0.25, -0.2) is 0 Å². The van der Waals surface area contributed by atoms with E-state index in [-0.39, 0.29) is 12.4 Å². The maximum atomic E-state index is 9.95. The summed E-state index contributed by atoms with van der Waals surface area (Å²) in [6.45, 7) is 5.02. The average molecular weight is 266 g/mol. The van der Waals surface area contributed by atoms with Crippen molar-refractivity contribution >= 4 is 23.2 Å². The summed E-state index contributed by atoms with van der Waals surface area (Å²) in [7, 11) is 0. The number of hydrogen-bond acceptors (Lipinski definition) is 2. The van der Waals surface area contributed by atoms with E-state index in [1.54, 1.807) is 6.07 Å². The van der Waals surface area contributed by atoms with Gasteiger partial charge in [0.05, 0.1) is 0 Å². The summed E-state index contributed by atoms with van der Waals surface area (Å²) in [5, 5.41) is 15.7. The fourth-order valence-electron chi connectivity index (χ4n) is 1.93. The third-order valence-corrected chi connectivity index (χ3v) is 3.26. The minimum absolute atomic E-state index is 0. The number of fused-ring (bicyclic) bond motifs is 1. The van der Waals surface area contributed by atoms with Gasteiger partial charge in [0.25, 0.3) is 0 Å². The molecule has 0 spiro atoms. The van der Waals surface area contributed by atoms with Crippen molar-refractivity contribution in [2.75, 3.05) is 0 Å². The van der Waals surface area contributed by atoms with Gasteiger partial charge in [-0.15, -0.1) is 12.4 Å². The molecule has 0 aliphatic carbocycles. The Morgan fingerprint density at radius 3 is 2.61 bits per heavy atom. The first kappa shape index (κ1) is 14.8. The zero-order valence-corrected chi connectivity index (χ0v) is 11.6. The van der Waals surface area contributed by atoms with Crippen LogP contribution in [0.3, 0.4) is 0 Å². The van der Waals surface area contributed by atoms with Gasteiger partial charge in [0.1, 0.15) is 5.75 Å². The molecule has 3 heteroatoms. The number of phenolic OH excluding ortho intramolecular Hbond substituents is 1. The zero-order chi connectivity index (χ0) is 12.3. The van der Waals surface area contributed by atoms with Gasteiger partial charge in [-0.1, -0.05) is 37.3 Å². The van der Waals surface area contributed by atoms with Crippen LogP contribution in [0.1, 0.15) is 25.8 Å². The Bertz CT molecular complexity index is 513. The largest absolute Gasteiger partial charge is 0.508 e. The van der Waals surface area contributed by atoms with Crippen molar-refractivity contribution in [3.05, 3.63) is 42.0 Å². The molecule has 1 unspecified atom stereocenters. The summed E-state index contributed by atoms with van der Waals surface area (Å²) in [6.07, 6.45) is 1.09. The van der Waals surface area contributed by atoms with Crippen LogP contribution in [0.2, 0.25) is 0 Å². The molecule has 0 amide bonds. The predicted molar refractivity (Wildman–Crippen MR) is 79.5 cm³/mol. The van der Waals surface area contributed by atoms with Crippen LogP contribution in [0, 0.1) is 0 Å². The van der Waals surface area contributed by atoms with E-state index in [4.69, 9.17) is 0 Å². The lowest BCUT2D eigenvalue weighted by molar-refractivity contribution is 0.459. The highest BCUT2D eigenvalue weighted by Crippen LogP contribution is 2.26. The summed E-state index contributed by atoms with van der Waals surface area (Å²) in [4.78, 5) is 0. The monoisotopic (exact) mass is 265 g/mol. The minimum Gasteiger partial charge on any atom is -0.508 e. The average Bonchev–Trinajstić information content (AvgIpc) is 2.37. The number of aromatic hydroxyl groups is 1. The maximum absolute atomic E-state index is 9.95. The highest BCUT2D eigenvalue weighted by molar-refractivity contribution is 5.87. The highest BCUT2D eigenvalue weighted by atomic mass is 35.5. The number of halogens is 1. The molecule has 2 aromatic carbocycles. The summed E-state index contributed by atoms with van der Waals surface area (Å²) >= 11 is 0. The summed E-state index contributed by atoms with van der Waals surface area (Å²) < 4.78 is 0. The maximum Gasteiger partial charge on any atom is 0.120 e. The molecule has 18 heavy (non-hydrogen) atoms. The molecule has 2 rings (SSSR count). The highest BCUT2D eigenvalue weighted by Gasteiger charge is 2.07. The molecule has 2 nitrogen and oxygen atoms in total. The molecule has 0 fully saturated rings. The third kappa shape index (κ3) is 3.15. The van der Waals surface area contributed by atoms with E-state index in [1.165, 1.54) is 5.39 Å². The van der Waals surface area contributed by atoms with Gasteiger partial charge >= 0.3 is 0 Å². The van der Waals surface area contributed by atoms with Crippen LogP contribution in [0.5, 0.6) is 5.75 Å². The Hall–Kier alpha value is -1.25. The zero-order valence-electron chi connectivity index (χ0n) is 10.8. The van der Waals surface area contributed by atoms with Crippen molar-refractivity contribution in [1.29, 1.82) is 0 Å². The molecule has 0 heterocycles. The molecule has 98 valence electrons. The number of rotatable bonds is 4. The molecule has 0 saturated heterocycles. The second-order valence-electron chi connectivity index (χ2n) is 4.47. The lowest BCUT2D eigenvalue weighted by Gasteiger charge is -2.14. The van der Waals surface area contributed by atoms with E-state index in [9.17, 15) is 5.11 Å². The van der Waals surface area contributed by atoms with Crippen molar-refractivity contribution in [2.45, 2.75) is 32.9 Å². The predicted octanol–water partition coefficient (Wildman–Crippen LogP) is 3.86. The van der Waals surface area contributed by atoms with E-state index < -0.39 is 0 Å². The Balaban J connectivity index is 0.00000162.